The third-order valence-corrected chi connectivity index (χ3v) is 7.50. The van der Waals surface area contributed by atoms with Crippen LogP contribution < -0.4 is 5.32 Å². The predicted octanol–water partition coefficient (Wildman–Crippen LogP) is 5.47. The summed E-state index contributed by atoms with van der Waals surface area (Å²) in [6.07, 6.45) is 1.78. The first-order chi connectivity index (χ1) is 17.5. The summed E-state index contributed by atoms with van der Waals surface area (Å²) in [5.41, 5.74) is 2.59. The normalized spacial score (nSPS) is 15.4. The average molecular weight is 500 g/mol. The molecule has 1 saturated heterocycles. The molecule has 1 aromatic heterocycles. The summed E-state index contributed by atoms with van der Waals surface area (Å²) in [6, 6.07) is 21.5. The van der Waals surface area contributed by atoms with Gasteiger partial charge >= 0.3 is 0 Å². The number of carbonyl (C=O) groups is 2. The largest absolute Gasteiger partial charge is 0.328 e. The van der Waals surface area contributed by atoms with E-state index in [1.165, 1.54) is 11.8 Å². The molecule has 2 heterocycles. The fourth-order valence-electron chi connectivity index (χ4n) is 4.68. The fraction of sp³-hybridized carbons (Fsp3) is 0.286. The summed E-state index contributed by atoms with van der Waals surface area (Å²) in [7, 11) is 0. The van der Waals surface area contributed by atoms with Crippen LogP contribution in [-0.2, 0) is 11.3 Å². The number of rotatable bonds is 7. The summed E-state index contributed by atoms with van der Waals surface area (Å²) < 4.78 is 2.03. The lowest BCUT2D eigenvalue weighted by Gasteiger charge is -2.24. The molecule has 0 spiro atoms. The van der Waals surface area contributed by atoms with Crippen LogP contribution >= 0.6 is 11.8 Å². The van der Waals surface area contributed by atoms with Crippen molar-refractivity contribution >= 4 is 40.0 Å². The van der Waals surface area contributed by atoms with Gasteiger partial charge in [-0.25, -0.2) is 0 Å². The van der Waals surface area contributed by atoms with Crippen LogP contribution in [0.2, 0.25) is 0 Å². The van der Waals surface area contributed by atoms with Crippen molar-refractivity contribution in [3.8, 4) is 0 Å². The zero-order chi connectivity index (χ0) is 25.1. The van der Waals surface area contributed by atoms with Gasteiger partial charge in [0.1, 0.15) is 0 Å². The van der Waals surface area contributed by atoms with E-state index >= 15 is 0 Å². The summed E-state index contributed by atoms with van der Waals surface area (Å²) in [5, 5.41) is 14.7. The minimum absolute atomic E-state index is 0.0205. The first-order valence-corrected chi connectivity index (χ1v) is 13.2. The molecule has 1 fully saturated rings. The topological polar surface area (TPSA) is 80.1 Å². The Bertz CT molecular complexity index is 1400. The van der Waals surface area contributed by atoms with Crippen LogP contribution in [0.5, 0.6) is 0 Å². The number of hydrogen-bond donors (Lipinski definition) is 1. The maximum atomic E-state index is 13.2. The number of likely N-dealkylation sites (tertiary alicyclic amines) is 1. The molecule has 184 valence electrons. The second-order valence-corrected chi connectivity index (χ2v) is 9.95. The van der Waals surface area contributed by atoms with Gasteiger partial charge in [-0.15, -0.1) is 10.2 Å². The molecular weight excluding hydrogens is 470 g/mol. The number of anilines is 1. The number of fused-ring (bicyclic) bond motifs is 1. The molecule has 2 amide bonds. The van der Waals surface area contributed by atoms with Crippen molar-refractivity contribution in [3.63, 3.8) is 0 Å². The van der Waals surface area contributed by atoms with Crippen LogP contribution in [-0.4, -0.2) is 43.8 Å². The van der Waals surface area contributed by atoms with Crippen LogP contribution in [0.4, 0.5) is 5.69 Å². The molecule has 3 aromatic carbocycles. The van der Waals surface area contributed by atoms with Gasteiger partial charge in [-0.2, -0.15) is 0 Å². The Morgan fingerprint density at radius 3 is 2.58 bits per heavy atom. The first kappa shape index (κ1) is 24.1. The van der Waals surface area contributed by atoms with Crippen LogP contribution in [0.25, 0.3) is 10.8 Å². The molecule has 5 rings (SSSR count). The Kier molecular flexibility index (Phi) is 7.04. The lowest BCUT2D eigenvalue weighted by molar-refractivity contribution is -0.113. The van der Waals surface area contributed by atoms with E-state index in [2.05, 4.69) is 15.5 Å². The highest BCUT2D eigenvalue weighted by atomic mass is 32.2. The number of nitrogens with zero attached hydrogens (tertiary/aromatic N) is 4. The summed E-state index contributed by atoms with van der Waals surface area (Å²) >= 11 is 1.36. The van der Waals surface area contributed by atoms with Crippen molar-refractivity contribution in [2.75, 3.05) is 17.6 Å². The SMILES string of the molecule is CCn1c(SCC(=O)Nc2ccc3ccccc3c2)nnc1C1CCCN1C(=O)c1ccc(C)cc1. The van der Waals surface area contributed by atoms with E-state index in [1.54, 1.807) is 0 Å². The summed E-state index contributed by atoms with van der Waals surface area (Å²) in [6.45, 7) is 5.41. The smallest absolute Gasteiger partial charge is 0.254 e. The maximum Gasteiger partial charge on any atom is 0.254 e. The molecule has 1 aliphatic rings. The van der Waals surface area contributed by atoms with E-state index in [1.807, 2.05) is 90.0 Å². The Morgan fingerprint density at radius 1 is 1.03 bits per heavy atom. The first-order valence-electron chi connectivity index (χ1n) is 12.3. The molecule has 4 aromatic rings. The second kappa shape index (κ2) is 10.5. The van der Waals surface area contributed by atoms with E-state index in [0.29, 0.717) is 23.8 Å². The lowest BCUT2D eigenvalue weighted by atomic mass is 10.1. The Balaban J connectivity index is 1.26. The molecule has 1 N–H and O–H groups in total. The molecule has 1 atom stereocenters. The van der Waals surface area contributed by atoms with Crippen molar-refractivity contribution in [2.24, 2.45) is 0 Å². The third-order valence-electron chi connectivity index (χ3n) is 6.54. The van der Waals surface area contributed by atoms with Gasteiger partial charge in [0.05, 0.1) is 11.8 Å². The van der Waals surface area contributed by atoms with E-state index in [-0.39, 0.29) is 23.6 Å². The van der Waals surface area contributed by atoms with Crippen molar-refractivity contribution in [1.29, 1.82) is 0 Å². The number of benzene rings is 3. The highest BCUT2D eigenvalue weighted by Crippen LogP contribution is 2.34. The molecule has 36 heavy (non-hydrogen) atoms. The quantitative estimate of drug-likeness (QED) is 0.341. The van der Waals surface area contributed by atoms with Gasteiger partial charge in [-0.1, -0.05) is 59.8 Å². The second-order valence-electron chi connectivity index (χ2n) is 9.01. The fourth-order valence-corrected chi connectivity index (χ4v) is 5.49. The maximum absolute atomic E-state index is 13.2. The zero-order valence-corrected chi connectivity index (χ0v) is 21.3. The molecular formula is C28H29N5O2S. The third kappa shape index (κ3) is 4.99. The average Bonchev–Trinajstić information content (AvgIpc) is 3.54. The minimum atomic E-state index is -0.118. The number of hydrogen-bond acceptors (Lipinski definition) is 5. The molecule has 0 aliphatic carbocycles. The molecule has 1 unspecified atom stereocenters. The van der Waals surface area contributed by atoms with Gasteiger partial charge in [0, 0.05) is 24.3 Å². The van der Waals surface area contributed by atoms with Gasteiger partial charge in [-0.05, 0) is 61.7 Å². The molecule has 0 bridgehead atoms. The van der Waals surface area contributed by atoms with Crippen LogP contribution in [0.3, 0.4) is 0 Å². The molecule has 7 nitrogen and oxygen atoms in total. The van der Waals surface area contributed by atoms with Gasteiger partial charge < -0.3 is 14.8 Å². The number of amides is 2. The predicted molar refractivity (Wildman–Crippen MR) is 143 cm³/mol. The number of aryl methyl sites for hydroxylation is 1. The van der Waals surface area contributed by atoms with E-state index < -0.39 is 0 Å². The van der Waals surface area contributed by atoms with Crippen molar-refractivity contribution in [1.82, 2.24) is 19.7 Å². The van der Waals surface area contributed by atoms with Gasteiger partial charge in [0.2, 0.25) is 5.91 Å². The Morgan fingerprint density at radius 2 is 1.81 bits per heavy atom. The minimum Gasteiger partial charge on any atom is -0.328 e. The molecule has 0 radical (unpaired) electrons. The van der Waals surface area contributed by atoms with Crippen LogP contribution in [0, 0.1) is 6.92 Å². The van der Waals surface area contributed by atoms with Crippen molar-refractivity contribution < 1.29 is 9.59 Å². The summed E-state index contributed by atoms with van der Waals surface area (Å²) in [4.78, 5) is 27.8. The zero-order valence-electron chi connectivity index (χ0n) is 20.5. The molecule has 8 heteroatoms. The van der Waals surface area contributed by atoms with Gasteiger partial charge in [-0.3, -0.25) is 9.59 Å². The Labute approximate surface area is 214 Å². The van der Waals surface area contributed by atoms with E-state index in [4.69, 9.17) is 0 Å². The highest BCUT2D eigenvalue weighted by Gasteiger charge is 2.34. The molecule has 1 aliphatic heterocycles. The number of carbonyl (C=O) groups excluding carboxylic acids is 2. The molecule has 0 saturated carbocycles. The van der Waals surface area contributed by atoms with Gasteiger partial charge in [0.25, 0.3) is 5.91 Å². The van der Waals surface area contributed by atoms with E-state index in [0.717, 1.165) is 40.7 Å². The number of nitrogens with one attached hydrogen (secondary N) is 1. The van der Waals surface area contributed by atoms with E-state index in [9.17, 15) is 9.59 Å². The van der Waals surface area contributed by atoms with Gasteiger partial charge in [0.15, 0.2) is 11.0 Å². The standard InChI is InChI=1S/C28H29N5O2S/c1-3-32-26(24-9-6-16-33(24)27(35)21-12-10-19(2)11-13-21)30-31-28(32)36-18-25(34)29-23-15-14-20-7-4-5-8-22(20)17-23/h4-5,7-8,10-15,17,24H,3,6,9,16,18H2,1-2H3,(H,29,34). The lowest BCUT2D eigenvalue weighted by Crippen LogP contribution is -2.32. The van der Waals surface area contributed by atoms with Crippen LogP contribution in [0.1, 0.15) is 47.6 Å². The highest BCUT2D eigenvalue weighted by molar-refractivity contribution is 7.99. The van der Waals surface area contributed by atoms with Crippen molar-refractivity contribution in [3.05, 3.63) is 83.7 Å². The monoisotopic (exact) mass is 499 g/mol. The number of thioether (sulfide) groups is 1. The number of aromatic nitrogens is 3. The van der Waals surface area contributed by atoms with Crippen molar-refractivity contribution in [2.45, 2.75) is 44.4 Å². The summed E-state index contributed by atoms with van der Waals surface area (Å²) in [5.74, 6) is 0.932. The van der Waals surface area contributed by atoms with Crippen LogP contribution in [0.15, 0.2) is 71.9 Å². The Hall–Kier alpha value is -3.65.